The number of rotatable bonds is 7. The molecule has 3 N–H and O–H groups in total. The number of aromatic nitrogens is 3. The zero-order valence-corrected chi connectivity index (χ0v) is 19.2. The molecule has 0 spiro atoms. The monoisotopic (exact) mass is 472 g/mol. The first-order chi connectivity index (χ1) is 15.4. The van der Waals surface area contributed by atoms with E-state index in [1.807, 2.05) is 6.20 Å². The number of hydrogen-bond donors (Lipinski definition) is 3. The van der Waals surface area contributed by atoms with Gasteiger partial charge >= 0.3 is 0 Å². The van der Waals surface area contributed by atoms with Crippen molar-refractivity contribution >= 4 is 43.8 Å². The van der Waals surface area contributed by atoms with Crippen molar-refractivity contribution in [3.05, 3.63) is 41.7 Å². The summed E-state index contributed by atoms with van der Waals surface area (Å²) in [6.45, 7) is 1.62. The summed E-state index contributed by atoms with van der Waals surface area (Å²) >= 11 is 1.62. The molecule has 1 fully saturated rings. The highest BCUT2D eigenvalue weighted by Gasteiger charge is 2.24. The summed E-state index contributed by atoms with van der Waals surface area (Å²) in [6, 6.07) is 6.94. The van der Waals surface area contributed by atoms with E-state index < -0.39 is 10.0 Å². The number of benzene rings is 1. The topological polar surface area (TPSA) is 118 Å². The highest BCUT2D eigenvalue weighted by atomic mass is 32.2. The van der Waals surface area contributed by atoms with Gasteiger partial charge in [0.15, 0.2) is 5.13 Å². The Kier molecular flexibility index (Phi) is 5.70. The van der Waals surface area contributed by atoms with Gasteiger partial charge in [-0.15, -0.1) is 0 Å². The van der Waals surface area contributed by atoms with Crippen LogP contribution >= 0.6 is 11.3 Å². The number of nitrogens with one attached hydrogen (secondary N) is 3. The number of anilines is 4. The van der Waals surface area contributed by atoms with Gasteiger partial charge in [-0.1, -0.05) is 11.3 Å². The van der Waals surface area contributed by atoms with Crippen molar-refractivity contribution < 1.29 is 13.2 Å². The Morgan fingerprint density at radius 2 is 1.97 bits per heavy atom. The number of nitrogens with zero attached hydrogens (tertiary/aromatic N) is 3. The second-order valence-electron chi connectivity index (χ2n) is 7.95. The van der Waals surface area contributed by atoms with Crippen LogP contribution in [0.5, 0.6) is 0 Å². The lowest BCUT2D eigenvalue weighted by molar-refractivity contribution is 0.120. The molecule has 1 saturated heterocycles. The fourth-order valence-electron chi connectivity index (χ4n) is 3.85. The van der Waals surface area contributed by atoms with Gasteiger partial charge in [0.1, 0.15) is 0 Å². The molecular weight excluding hydrogens is 448 g/mol. The van der Waals surface area contributed by atoms with E-state index in [1.54, 1.807) is 35.6 Å². The summed E-state index contributed by atoms with van der Waals surface area (Å²) in [5.41, 5.74) is 4.37. The Balaban J connectivity index is 1.32. The van der Waals surface area contributed by atoms with E-state index in [2.05, 4.69) is 20.3 Å². The quantitative estimate of drug-likeness (QED) is 0.479. The maximum Gasteiger partial charge on any atom is 0.229 e. The second-order valence-corrected chi connectivity index (χ2v) is 10.7. The highest BCUT2D eigenvalue weighted by molar-refractivity contribution is 7.92. The molecule has 2 aliphatic rings. The molecule has 1 aliphatic heterocycles. The zero-order valence-electron chi connectivity index (χ0n) is 17.6. The van der Waals surface area contributed by atoms with Gasteiger partial charge in [-0.25, -0.2) is 23.4 Å². The van der Waals surface area contributed by atoms with Crippen molar-refractivity contribution in [1.82, 2.24) is 15.0 Å². The molecular formula is C21H24N6O3S2. The van der Waals surface area contributed by atoms with Crippen molar-refractivity contribution in [3.63, 3.8) is 0 Å². The Morgan fingerprint density at radius 1 is 1.16 bits per heavy atom. The molecule has 2 aromatic heterocycles. The average Bonchev–Trinajstić information content (AvgIpc) is 3.42. The molecule has 3 aromatic rings. The molecule has 1 unspecified atom stereocenters. The molecule has 9 nitrogen and oxygen atoms in total. The third-order valence-electron chi connectivity index (χ3n) is 5.36. The number of hydrogen-bond acceptors (Lipinski definition) is 9. The Bertz CT molecular complexity index is 1220. The molecule has 0 bridgehead atoms. The van der Waals surface area contributed by atoms with Crippen molar-refractivity contribution in [2.75, 3.05) is 34.8 Å². The predicted molar refractivity (Wildman–Crippen MR) is 126 cm³/mol. The predicted octanol–water partition coefficient (Wildman–Crippen LogP) is 3.40. The number of thiazole rings is 1. The van der Waals surface area contributed by atoms with Crippen LogP contribution in [0.2, 0.25) is 0 Å². The van der Waals surface area contributed by atoms with E-state index in [0.29, 0.717) is 11.6 Å². The first kappa shape index (κ1) is 21.1. The minimum Gasteiger partial charge on any atom is -0.376 e. The second kappa shape index (κ2) is 8.64. The molecule has 168 valence electrons. The summed E-state index contributed by atoms with van der Waals surface area (Å²) in [5.74, 6) is 0.489. The van der Waals surface area contributed by atoms with Crippen LogP contribution in [-0.4, -0.2) is 48.9 Å². The van der Waals surface area contributed by atoms with E-state index in [1.165, 1.54) is 0 Å². The number of fused-ring (bicyclic) bond motifs is 3. The van der Waals surface area contributed by atoms with Crippen molar-refractivity contribution in [2.24, 2.45) is 0 Å². The van der Waals surface area contributed by atoms with E-state index >= 15 is 0 Å². The number of sulfonamides is 1. The minimum absolute atomic E-state index is 0.264. The third-order valence-corrected chi connectivity index (χ3v) is 7.03. The van der Waals surface area contributed by atoms with Crippen LogP contribution in [0.1, 0.15) is 24.1 Å². The maximum atomic E-state index is 11.4. The normalized spacial score (nSPS) is 17.5. The van der Waals surface area contributed by atoms with Gasteiger partial charge in [-0.3, -0.25) is 4.72 Å². The summed E-state index contributed by atoms with van der Waals surface area (Å²) in [4.78, 5) is 15.1. The molecule has 3 heterocycles. The van der Waals surface area contributed by atoms with Gasteiger partial charge in [0.2, 0.25) is 16.0 Å². The van der Waals surface area contributed by atoms with Gasteiger partial charge in [0.05, 0.1) is 28.6 Å². The Hall–Kier alpha value is -2.76. The lowest BCUT2D eigenvalue weighted by Gasteiger charge is -2.15. The van der Waals surface area contributed by atoms with Crippen molar-refractivity contribution in [3.8, 4) is 10.6 Å². The standard InChI is InChI=1S/C21H24N6O3S2/c1-32(28,29)27-15-7-5-14(6-8-15)24-20-22-11-13-4-9-17-19(18(13)26-20)31-21(25-17)23-12-16-3-2-10-30-16/h5-8,11,16,27H,2-4,9-10,12H2,1H3,(H,23,25)(H,22,24,26). The largest absolute Gasteiger partial charge is 0.376 e. The molecule has 0 amide bonds. The molecule has 32 heavy (non-hydrogen) atoms. The zero-order chi connectivity index (χ0) is 22.1. The lowest BCUT2D eigenvalue weighted by Crippen LogP contribution is -2.18. The van der Waals surface area contributed by atoms with E-state index in [0.717, 1.165) is 77.7 Å². The fourth-order valence-corrected chi connectivity index (χ4v) is 5.46. The summed E-state index contributed by atoms with van der Waals surface area (Å²) in [7, 11) is -3.31. The first-order valence-electron chi connectivity index (χ1n) is 10.5. The molecule has 5 rings (SSSR count). The van der Waals surface area contributed by atoms with Gasteiger partial charge in [-0.05, 0) is 55.5 Å². The summed E-state index contributed by atoms with van der Waals surface area (Å²) in [6.07, 6.45) is 7.21. The summed E-state index contributed by atoms with van der Waals surface area (Å²) < 4.78 is 30.9. The third kappa shape index (κ3) is 4.84. The Labute approximate surface area is 190 Å². The van der Waals surface area contributed by atoms with Gasteiger partial charge in [0, 0.05) is 30.7 Å². The fraction of sp³-hybridized carbons (Fsp3) is 0.381. The maximum absolute atomic E-state index is 11.4. The van der Waals surface area contributed by atoms with E-state index in [4.69, 9.17) is 14.7 Å². The first-order valence-corrected chi connectivity index (χ1v) is 13.2. The van der Waals surface area contributed by atoms with Crippen LogP contribution in [0.4, 0.5) is 22.5 Å². The van der Waals surface area contributed by atoms with Crippen LogP contribution in [-0.2, 0) is 27.6 Å². The number of aryl methyl sites for hydroxylation is 2. The van der Waals surface area contributed by atoms with Gasteiger partial charge in [0.25, 0.3) is 0 Å². The SMILES string of the molecule is CS(=O)(=O)Nc1ccc(Nc2ncc3c(n2)-c2sc(NCC4CCCO4)nc2CC3)cc1. The van der Waals surface area contributed by atoms with Crippen molar-refractivity contribution in [1.29, 1.82) is 0 Å². The van der Waals surface area contributed by atoms with Gasteiger partial charge < -0.3 is 15.4 Å². The Morgan fingerprint density at radius 3 is 2.72 bits per heavy atom. The van der Waals surface area contributed by atoms with E-state index in [9.17, 15) is 8.42 Å². The van der Waals surface area contributed by atoms with Crippen LogP contribution < -0.4 is 15.4 Å². The highest BCUT2D eigenvalue weighted by Crippen LogP contribution is 2.38. The molecule has 11 heteroatoms. The van der Waals surface area contributed by atoms with Crippen LogP contribution in [0.3, 0.4) is 0 Å². The van der Waals surface area contributed by atoms with Crippen LogP contribution in [0.15, 0.2) is 30.5 Å². The molecule has 1 aliphatic carbocycles. The van der Waals surface area contributed by atoms with E-state index in [-0.39, 0.29) is 6.10 Å². The summed E-state index contributed by atoms with van der Waals surface area (Å²) in [5, 5.41) is 7.52. The smallest absolute Gasteiger partial charge is 0.229 e. The van der Waals surface area contributed by atoms with Crippen LogP contribution in [0.25, 0.3) is 10.6 Å². The average molecular weight is 473 g/mol. The van der Waals surface area contributed by atoms with Crippen molar-refractivity contribution in [2.45, 2.75) is 31.8 Å². The molecule has 0 saturated carbocycles. The lowest BCUT2D eigenvalue weighted by atomic mass is 10.00. The molecule has 1 atom stereocenters. The number of ether oxygens (including phenoxy) is 1. The van der Waals surface area contributed by atoms with Gasteiger partial charge in [-0.2, -0.15) is 0 Å². The van der Waals surface area contributed by atoms with Crippen LogP contribution in [0, 0.1) is 0 Å². The molecule has 1 aromatic carbocycles. The minimum atomic E-state index is -3.31. The molecule has 0 radical (unpaired) electrons.